The van der Waals surface area contributed by atoms with Crippen molar-refractivity contribution in [3.05, 3.63) is 27.6 Å². The lowest BCUT2D eigenvalue weighted by atomic mass is 10.0. The molecule has 2 rings (SSSR count). The van der Waals surface area contributed by atoms with Crippen LogP contribution in [0.25, 0.3) is 0 Å². The van der Waals surface area contributed by atoms with Gasteiger partial charge in [-0.2, -0.15) is 0 Å². The molecule has 1 aliphatic heterocycles. The second-order valence-corrected chi connectivity index (χ2v) is 4.63. The van der Waals surface area contributed by atoms with E-state index < -0.39 is 0 Å². The largest absolute Gasteiger partial charge is 0.325 e. The van der Waals surface area contributed by atoms with Gasteiger partial charge in [-0.1, -0.05) is 0 Å². The summed E-state index contributed by atoms with van der Waals surface area (Å²) in [7, 11) is 0. The summed E-state index contributed by atoms with van der Waals surface area (Å²) in [5.41, 5.74) is 0.675. The molecule has 80 valence electrons. The molecule has 0 aromatic heterocycles. The Morgan fingerprint density at radius 1 is 1.53 bits per heavy atom. The van der Waals surface area contributed by atoms with Crippen molar-refractivity contribution in [1.29, 1.82) is 0 Å². The molecule has 1 aromatic carbocycles. The van der Waals surface area contributed by atoms with Crippen molar-refractivity contribution in [2.24, 2.45) is 5.92 Å². The van der Waals surface area contributed by atoms with E-state index in [2.05, 4.69) is 10.6 Å². The van der Waals surface area contributed by atoms with Crippen LogP contribution in [0, 0.1) is 15.3 Å². The number of carbonyl (C=O) groups excluding carboxylic acids is 1. The Balaban J connectivity index is 2.06. The Bertz CT molecular complexity index is 393. The van der Waals surface area contributed by atoms with Gasteiger partial charge < -0.3 is 10.6 Å². The zero-order chi connectivity index (χ0) is 10.8. The summed E-state index contributed by atoms with van der Waals surface area (Å²) in [4.78, 5) is 11.6. The molecule has 1 aromatic rings. The number of hydrogen-bond acceptors (Lipinski definition) is 2. The van der Waals surface area contributed by atoms with E-state index in [9.17, 15) is 9.18 Å². The molecule has 1 fully saturated rings. The second kappa shape index (κ2) is 4.44. The highest BCUT2D eigenvalue weighted by atomic mass is 127. The summed E-state index contributed by atoms with van der Waals surface area (Å²) in [6.45, 7) is 1.45. The van der Waals surface area contributed by atoms with Crippen molar-refractivity contribution in [3.63, 3.8) is 0 Å². The first-order chi connectivity index (χ1) is 7.16. The number of rotatable bonds is 2. The van der Waals surface area contributed by atoms with Crippen molar-refractivity contribution >= 4 is 34.2 Å². The fraction of sp³-hybridized carbons (Fsp3) is 0.300. The first kappa shape index (κ1) is 10.8. The Hall–Kier alpha value is -0.690. The average Bonchev–Trinajstić information content (AvgIpc) is 2.07. The maximum absolute atomic E-state index is 12.8. The normalized spacial score (nSPS) is 15.9. The van der Waals surface area contributed by atoms with Crippen LogP contribution in [-0.4, -0.2) is 19.0 Å². The molecule has 0 atom stereocenters. The van der Waals surface area contributed by atoms with Gasteiger partial charge in [-0.15, -0.1) is 0 Å². The quantitative estimate of drug-likeness (QED) is 0.813. The third-order valence-electron chi connectivity index (χ3n) is 2.34. The van der Waals surface area contributed by atoms with Crippen LogP contribution in [0.5, 0.6) is 0 Å². The first-order valence-corrected chi connectivity index (χ1v) is 5.71. The van der Waals surface area contributed by atoms with Crippen molar-refractivity contribution in [2.45, 2.75) is 0 Å². The van der Waals surface area contributed by atoms with E-state index in [-0.39, 0.29) is 17.6 Å². The van der Waals surface area contributed by atoms with E-state index in [1.165, 1.54) is 12.1 Å². The summed E-state index contributed by atoms with van der Waals surface area (Å²) >= 11 is 2.00. The van der Waals surface area contributed by atoms with Gasteiger partial charge >= 0.3 is 0 Å². The van der Waals surface area contributed by atoms with E-state index in [0.717, 1.165) is 13.1 Å². The zero-order valence-corrected chi connectivity index (χ0v) is 10.0. The van der Waals surface area contributed by atoms with Gasteiger partial charge in [0.1, 0.15) is 5.82 Å². The summed E-state index contributed by atoms with van der Waals surface area (Å²) < 4.78 is 13.5. The summed E-state index contributed by atoms with van der Waals surface area (Å²) in [5, 5.41) is 5.82. The number of amides is 1. The number of anilines is 1. The van der Waals surface area contributed by atoms with Gasteiger partial charge in [0.15, 0.2) is 0 Å². The molecule has 1 heterocycles. The summed E-state index contributed by atoms with van der Waals surface area (Å²) in [6.07, 6.45) is 0. The highest BCUT2D eigenvalue weighted by Crippen LogP contribution is 2.20. The van der Waals surface area contributed by atoms with Crippen LogP contribution < -0.4 is 10.6 Å². The van der Waals surface area contributed by atoms with Gasteiger partial charge in [-0.25, -0.2) is 4.39 Å². The molecule has 2 N–H and O–H groups in total. The topological polar surface area (TPSA) is 41.1 Å². The van der Waals surface area contributed by atoms with E-state index in [1.54, 1.807) is 6.07 Å². The van der Waals surface area contributed by atoms with Crippen molar-refractivity contribution in [3.8, 4) is 0 Å². The molecule has 15 heavy (non-hydrogen) atoms. The molecule has 3 nitrogen and oxygen atoms in total. The molecule has 0 saturated carbocycles. The molecule has 1 saturated heterocycles. The number of hydrogen-bond donors (Lipinski definition) is 2. The number of halogens is 2. The van der Waals surface area contributed by atoms with Crippen LogP contribution in [0.15, 0.2) is 18.2 Å². The minimum absolute atomic E-state index is 0.00160. The number of carbonyl (C=O) groups is 1. The zero-order valence-electron chi connectivity index (χ0n) is 7.89. The Labute approximate surface area is 101 Å². The van der Waals surface area contributed by atoms with E-state index in [4.69, 9.17) is 0 Å². The molecule has 5 heteroatoms. The molecule has 0 radical (unpaired) electrons. The van der Waals surface area contributed by atoms with Gasteiger partial charge in [0.25, 0.3) is 0 Å². The van der Waals surface area contributed by atoms with Gasteiger partial charge in [-0.05, 0) is 40.8 Å². The molecule has 0 bridgehead atoms. The maximum atomic E-state index is 12.8. The van der Waals surface area contributed by atoms with Crippen molar-refractivity contribution in [1.82, 2.24) is 5.32 Å². The predicted molar refractivity (Wildman–Crippen MR) is 64.1 cm³/mol. The van der Waals surface area contributed by atoms with Crippen LogP contribution in [0.3, 0.4) is 0 Å². The third-order valence-corrected chi connectivity index (χ3v) is 3.23. The smallest absolute Gasteiger partial charge is 0.230 e. The highest BCUT2D eigenvalue weighted by molar-refractivity contribution is 14.1. The lowest BCUT2D eigenvalue weighted by Gasteiger charge is -2.25. The molecule has 0 spiro atoms. The van der Waals surface area contributed by atoms with Crippen LogP contribution in [-0.2, 0) is 4.79 Å². The molecule has 0 unspecified atom stereocenters. The fourth-order valence-electron chi connectivity index (χ4n) is 1.30. The first-order valence-electron chi connectivity index (χ1n) is 4.63. The van der Waals surface area contributed by atoms with Gasteiger partial charge in [-0.3, -0.25) is 4.79 Å². The van der Waals surface area contributed by atoms with Gasteiger partial charge in [0.2, 0.25) is 5.91 Å². The minimum Gasteiger partial charge on any atom is -0.325 e. The van der Waals surface area contributed by atoms with Gasteiger partial charge in [0.05, 0.1) is 11.6 Å². The third kappa shape index (κ3) is 2.46. The van der Waals surface area contributed by atoms with Crippen LogP contribution in [0.2, 0.25) is 0 Å². The summed E-state index contributed by atoms with van der Waals surface area (Å²) in [5.74, 6) is -0.244. The van der Waals surface area contributed by atoms with E-state index in [1.807, 2.05) is 22.6 Å². The highest BCUT2D eigenvalue weighted by Gasteiger charge is 2.25. The number of nitrogens with one attached hydrogen (secondary N) is 2. The molecular formula is C10H10FIN2O. The minimum atomic E-state index is -0.289. The SMILES string of the molecule is O=C(Nc1ccc(F)cc1I)C1CNC1. The van der Waals surface area contributed by atoms with Crippen LogP contribution in [0.1, 0.15) is 0 Å². The van der Waals surface area contributed by atoms with Crippen LogP contribution in [0.4, 0.5) is 10.1 Å². The maximum Gasteiger partial charge on any atom is 0.230 e. The lowest BCUT2D eigenvalue weighted by Crippen LogP contribution is -2.48. The van der Waals surface area contributed by atoms with E-state index in [0.29, 0.717) is 9.26 Å². The van der Waals surface area contributed by atoms with Crippen LogP contribution >= 0.6 is 22.6 Å². The van der Waals surface area contributed by atoms with Crippen molar-refractivity contribution < 1.29 is 9.18 Å². The molecule has 1 aliphatic rings. The molecule has 1 amide bonds. The Morgan fingerprint density at radius 3 is 2.80 bits per heavy atom. The second-order valence-electron chi connectivity index (χ2n) is 3.47. The Morgan fingerprint density at radius 2 is 2.27 bits per heavy atom. The standard InChI is InChI=1S/C10H10FIN2O/c11-7-1-2-9(8(12)3-7)14-10(15)6-4-13-5-6/h1-3,6,13H,4-5H2,(H,14,15). The number of benzene rings is 1. The van der Waals surface area contributed by atoms with Crippen molar-refractivity contribution in [2.75, 3.05) is 18.4 Å². The summed E-state index contributed by atoms with van der Waals surface area (Å²) in [6, 6.07) is 4.33. The monoisotopic (exact) mass is 320 g/mol. The average molecular weight is 320 g/mol. The fourth-order valence-corrected chi connectivity index (χ4v) is 1.91. The Kier molecular flexibility index (Phi) is 3.20. The molecule has 0 aliphatic carbocycles. The predicted octanol–water partition coefficient (Wildman–Crippen LogP) is 1.59. The van der Waals surface area contributed by atoms with E-state index >= 15 is 0 Å². The molecular weight excluding hydrogens is 310 g/mol. The van der Waals surface area contributed by atoms with Gasteiger partial charge in [0, 0.05) is 16.7 Å². The lowest BCUT2D eigenvalue weighted by molar-refractivity contribution is -0.121.